The predicted octanol–water partition coefficient (Wildman–Crippen LogP) is 3.05. The summed E-state index contributed by atoms with van der Waals surface area (Å²) in [7, 11) is 0. The van der Waals surface area contributed by atoms with Crippen LogP contribution in [0.3, 0.4) is 0 Å². The van der Waals surface area contributed by atoms with Crippen molar-refractivity contribution in [3.8, 4) is 11.4 Å². The van der Waals surface area contributed by atoms with Crippen molar-refractivity contribution in [2.45, 2.75) is 31.2 Å². The van der Waals surface area contributed by atoms with Gasteiger partial charge in [-0.25, -0.2) is 24.6 Å². The summed E-state index contributed by atoms with van der Waals surface area (Å²) in [5.74, 6) is -1.25. The first kappa shape index (κ1) is 20.4. The molecule has 0 radical (unpaired) electrons. The lowest BCUT2D eigenvalue weighted by molar-refractivity contribution is -0.156. The van der Waals surface area contributed by atoms with Crippen LogP contribution in [0.15, 0.2) is 49.1 Å². The van der Waals surface area contributed by atoms with Crippen LogP contribution < -0.4 is 16.4 Å². The van der Waals surface area contributed by atoms with Gasteiger partial charge in [-0.2, -0.15) is 18.7 Å². The van der Waals surface area contributed by atoms with E-state index in [1.165, 1.54) is 36.8 Å². The van der Waals surface area contributed by atoms with E-state index in [2.05, 4.69) is 26.4 Å². The number of hydrogen-bond donors (Lipinski definition) is 3. The second-order valence-corrected chi connectivity index (χ2v) is 6.87. The normalized spacial score (nSPS) is 19.4. The van der Waals surface area contributed by atoms with Gasteiger partial charge in [0.15, 0.2) is 0 Å². The van der Waals surface area contributed by atoms with Crippen molar-refractivity contribution in [1.29, 1.82) is 0 Å². The first-order valence-electron chi connectivity index (χ1n) is 9.06. The number of imidazole rings is 1. The monoisotopic (exact) mass is 424 g/mol. The molecule has 0 aliphatic carbocycles. The highest BCUT2D eigenvalue weighted by Gasteiger charge is 2.48. The minimum absolute atomic E-state index is 0.325. The summed E-state index contributed by atoms with van der Waals surface area (Å²) in [6.07, 6.45) is 0.507. The van der Waals surface area contributed by atoms with Crippen LogP contribution in [0.2, 0.25) is 0 Å². The van der Waals surface area contributed by atoms with Crippen molar-refractivity contribution in [1.82, 2.24) is 30.9 Å². The summed E-state index contributed by atoms with van der Waals surface area (Å²) < 4.78 is 68.0. The van der Waals surface area contributed by atoms with Gasteiger partial charge in [0.05, 0.1) is 18.1 Å². The fraction of sp³-hybridized carbons (Fsp3) is 0.263. The van der Waals surface area contributed by atoms with E-state index in [4.69, 9.17) is 0 Å². The van der Waals surface area contributed by atoms with Gasteiger partial charge in [-0.15, -0.1) is 0 Å². The zero-order valence-electron chi connectivity index (χ0n) is 15.4. The Hall–Kier alpha value is -2.89. The maximum atomic E-state index is 13.8. The lowest BCUT2D eigenvalue weighted by Crippen LogP contribution is -2.43. The van der Waals surface area contributed by atoms with Gasteiger partial charge in [0.2, 0.25) is 0 Å². The van der Waals surface area contributed by atoms with Crippen molar-refractivity contribution in [3.63, 3.8) is 0 Å². The molecule has 1 aliphatic heterocycles. The molecule has 1 fully saturated rings. The third-order valence-corrected chi connectivity index (χ3v) is 4.83. The molecule has 0 amide bonds. The highest BCUT2D eigenvalue weighted by Crippen LogP contribution is 2.32. The number of hydrogen-bond acceptors (Lipinski definition) is 5. The van der Waals surface area contributed by atoms with Gasteiger partial charge in [-0.3, -0.25) is 4.98 Å². The van der Waals surface area contributed by atoms with Crippen molar-refractivity contribution in [2.24, 2.45) is 0 Å². The molecular formula is C19H17F5N6. The van der Waals surface area contributed by atoms with Crippen LogP contribution in [0.1, 0.15) is 17.2 Å². The SMILES string of the molecule is Fc1ccc(CCn2cnc(-c3cc(C4NNNC4C(F)(F)F)ccn3)c2)c(F)c1. The number of aromatic nitrogens is 3. The third kappa shape index (κ3) is 4.32. The Bertz CT molecular complexity index is 1030. The molecule has 3 heterocycles. The number of benzene rings is 1. The van der Waals surface area contributed by atoms with E-state index in [-0.39, 0.29) is 0 Å². The molecule has 3 aromatic rings. The molecule has 30 heavy (non-hydrogen) atoms. The van der Waals surface area contributed by atoms with Gasteiger partial charge >= 0.3 is 6.18 Å². The first-order valence-corrected chi connectivity index (χ1v) is 9.06. The number of alkyl halides is 3. The van der Waals surface area contributed by atoms with Gasteiger partial charge in [0.1, 0.15) is 23.4 Å². The molecule has 2 unspecified atom stereocenters. The van der Waals surface area contributed by atoms with Gasteiger partial charge in [0.25, 0.3) is 0 Å². The Morgan fingerprint density at radius 2 is 1.83 bits per heavy atom. The zero-order valence-corrected chi connectivity index (χ0v) is 15.4. The minimum atomic E-state index is -4.44. The molecule has 1 aromatic carbocycles. The average molecular weight is 424 g/mol. The van der Waals surface area contributed by atoms with E-state index < -0.39 is 29.9 Å². The topological polar surface area (TPSA) is 66.8 Å². The first-order chi connectivity index (χ1) is 14.3. The highest BCUT2D eigenvalue weighted by molar-refractivity contribution is 5.54. The fourth-order valence-electron chi connectivity index (χ4n) is 3.28. The number of nitrogens with one attached hydrogen (secondary N) is 3. The maximum Gasteiger partial charge on any atom is 0.407 e. The smallest absolute Gasteiger partial charge is 0.336 e. The van der Waals surface area contributed by atoms with Crippen molar-refractivity contribution >= 4 is 0 Å². The minimum Gasteiger partial charge on any atom is -0.336 e. The molecule has 1 saturated heterocycles. The fourth-order valence-corrected chi connectivity index (χ4v) is 3.28. The number of pyridine rings is 1. The Morgan fingerprint density at radius 3 is 2.60 bits per heavy atom. The van der Waals surface area contributed by atoms with Crippen LogP contribution in [0.4, 0.5) is 22.0 Å². The Balaban J connectivity index is 1.49. The van der Waals surface area contributed by atoms with Gasteiger partial charge in [-0.05, 0) is 35.7 Å². The predicted molar refractivity (Wildman–Crippen MR) is 97.5 cm³/mol. The van der Waals surface area contributed by atoms with E-state index in [1.54, 1.807) is 10.8 Å². The van der Waals surface area contributed by atoms with Gasteiger partial charge < -0.3 is 4.57 Å². The molecule has 0 saturated carbocycles. The Labute approximate surface area is 168 Å². The largest absolute Gasteiger partial charge is 0.407 e. The average Bonchev–Trinajstić information content (AvgIpc) is 3.37. The molecule has 0 spiro atoms. The quantitative estimate of drug-likeness (QED) is 0.550. The molecule has 3 N–H and O–H groups in total. The third-order valence-electron chi connectivity index (χ3n) is 4.83. The second-order valence-electron chi connectivity index (χ2n) is 6.87. The highest BCUT2D eigenvalue weighted by atomic mass is 19.4. The van der Waals surface area contributed by atoms with Crippen LogP contribution in [0.5, 0.6) is 0 Å². The molecule has 2 aromatic heterocycles. The Kier molecular flexibility index (Phi) is 5.50. The number of rotatable bonds is 5. The molecule has 2 atom stereocenters. The van der Waals surface area contributed by atoms with Crippen molar-refractivity contribution < 1.29 is 22.0 Å². The molecule has 158 valence electrons. The Morgan fingerprint density at radius 1 is 1.00 bits per heavy atom. The van der Waals surface area contributed by atoms with E-state index in [9.17, 15) is 22.0 Å². The van der Waals surface area contributed by atoms with E-state index in [0.717, 1.165) is 6.07 Å². The molecule has 4 rings (SSSR count). The van der Waals surface area contributed by atoms with Crippen LogP contribution in [0.25, 0.3) is 11.4 Å². The number of nitrogens with zero attached hydrogens (tertiary/aromatic N) is 3. The second kappa shape index (κ2) is 8.09. The van der Waals surface area contributed by atoms with Crippen molar-refractivity contribution in [2.75, 3.05) is 0 Å². The number of halogens is 5. The lowest BCUT2D eigenvalue weighted by atomic mass is 10.0. The zero-order chi connectivity index (χ0) is 21.3. The van der Waals surface area contributed by atoms with Gasteiger partial charge in [0, 0.05) is 25.0 Å². The van der Waals surface area contributed by atoms with E-state index in [0.29, 0.717) is 35.5 Å². The molecule has 1 aliphatic rings. The standard InChI is InChI=1S/C19H17F5N6/c20-13-2-1-11(14(21)8-13)4-6-30-9-16(26-10-30)15-7-12(3-5-25-15)17-18(19(22,23)24)28-29-27-17/h1-3,5,7-10,17-18,27-29H,4,6H2. The van der Waals surface area contributed by atoms with Crippen LogP contribution in [0, 0.1) is 11.6 Å². The molecule has 11 heteroatoms. The molecule has 0 bridgehead atoms. The maximum absolute atomic E-state index is 13.8. The van der Waals surface area contributed by atoms with E-state index >= 15 is 0 Å². The van der Waals surface area contributed by atoms with E-state index in [1.807, 2.05) is 0 Å². The van der Waals surface area contributed by atoms with Gasteiger partial charge in [-0.1, -0.05) is 6.07 Å². The summed E-state index contributed by atoms with van der Waals surface area (Å²) in [6, 6.07) is 3.63. The molecular weight excluding hydrogens is 407 g/mol. The van der Waals surface area contributed by atoms with Crippen molar-refractivity contribution in [3.05, 3.63) is 71.8 Å². The lowest BCUT2D eigenvalue weighted by Gasteiger charge is -2.21. The summed E-state index contributed by atoms with van der Waals surface area (Å²) in [4.78, 5) is 8.44. The van der Waals surface area contributed by atoms with Crippen LogP contribution in [-0.4, -0.2) is 26.8 Å². The summed E-state index contributed by atoms with van der Waals surface area (Å²) in [6.45, 7) is 0.392. The van der Waals surface area contributed by atoms with Crippen LogP contribution in [-0.2, 0) is 13.0 Å². The van der Waals surface area contributed by atoms with Crippen LogP contribution >= 0.6 is 0 Å². The summed E-state index contributed by atoms with van der Waals surface area (Å²) in [5, 5.41) is 0. The number of hydrazine groups is 2. The summed E-state index contributed by atoms with van der Waals surface area (Å²) in [5.41, 5.74) is 8.70. The number of aryl methyl sites for hydroxylation is 2. The summed E-state index contributed by atoms with van der Waals surface area (Å²) >= 11 is 0. The molecule has 6 nitrogen and oxygen atoms in total.